The number of fused-ring (bicyclic) bond motifs is 5. The molecule has 1 unspecified atom stereocenters. The molecule has 156 valence electrons. The number of hydrogen-bond acceptors (Lipinski definition) is 3. The molecule has 2 heterocycles. The van der Waals surface area contributed by atoms with Crippen LogP contribution in [0.4, 0.5) is 0 Å². The molecule has 5 rings (SSSR count). The van der Waals surface area contributed by atoms with Gasteiger partial charge in [0.15, 0.2) is 5.90 Å². The Labute approximate surface area is 170 Å². The van der Waals surface area contributed by atoms with Crippen LogP contribution in [0.1, 0.15) is 79.1 Å². The number of amides is 1. The summed E-state index contributed by atoms with van der Waals surface area (Å²) in [6, 6.07) is 0.458. The zero-order valence-electron chi connectivity index (χ0n) is 18.5. The fraction of sp³-hybridized carbons (Fsp3) is 0.917. The average molecular weight is 387 g/mol. The summed E-state index contributed by atoms with van der Waals surface area (Å²) in [5, 5.41) is 0. The molecule has 0 aromatic heterocycles. The standard InChI is InChI=1S/C24H38N2O2/c1-22(2)14-28-21(25-22)18-8-7-16-15-6-9-19-24(4,13-11-20(27)26(19)5)17(15)10-12-23(16,18)3/h15-19H,6-14H2,1-5H3/t15-,16-,17-,18+,19?,23-,24+/m0/s1. The minimum Gasteiger partial charge on any atom is -0.478 e. The van der Waals surface area contributed by atoms with Crippen molar-refractivity contribution in [3.63, 3.8) is 0 Å². The van der Waals surface area contributed by atoms with Crippen LogP contribution in [0.5, 0.6) is 0 Å². The van der Waals surface area contributed by atoms with E-state index >= 15 is 0 Å². The lowest BCUT2D eigenvalue weighted by molar-refractivity contribution is -0.157. The predicted octanol–water partition coefficient (Wildman–Crippen LogP) is 4.67. The van der Waals surface area contributed by atoms with Crippen LogP contribution in [0.25, 0.3) is 0 Å². The van der Waals surface area contributed by atoms with Crippen LogP contribution in [0, 0.1) is 34.5 Å². The van der Waals surface area contributed by atoms with Crippen LogP contribution in [0.3, 0.4) is 0 Å². The Kier molecular flexibility index (Phi) is 4.04. The van der Waals surface area contributed by atoms with E-state index in [9.17, 15) is 4.79 Å². The molecule has 2 aliphatic heterocycles. The van der Waals surface area contributed by atoms with E-state index in [0.29, 0.717) is 28.7 Å². The molecule has 4 fully saturated rings. The van der Waals surface area contributed by atoms with Crippen molar-refractivity contribution < 1.29 is 9.53 Å². The molecule has 0 aromatic rings. The predicted molar refractivity (Wildman–Crippen MR) is 111 cm³/mol. The third-order valence-electron chi connectivity index (χ3n) is 9.84. The van der Waals surface area contributed by atoms with Crippen molar-refractivity contribution in [3.05, 3.63) is 0 Å². The molecule has 5 aliphatic rings. The van der Waals surface area contributed by atoms with Gasteiger partial charge in [0.2, 0.25) is 5.91 Å². The molecule has 4 heteroatoms. The summed E-state index contributed by atoms with van der Waals surface area (Å²) in [6.45, 7) is 10.2. The van der Waals surface area contributed by atoms with E-state index in [-0.39, 0.29) is 5.54 Å². The molecule has 3 aliphatic carbocycles. The molecular weight excluding hydrogens is 348 g/mol. The number of likely N-dealkylation sites (tertiary alicyclic amines) is 1. The number of ether oxygens (including phenoxy) is 1. The number of carbonyl (C=O) groups excluding carboxylic acids is 1. The number of rotatable bonds is 1. The first-order valence-corrected chi connectivity index (χ1v) is 11.6. The van der Waals surface area contributed by atoms with Gasteiger partial charge in [0.25, 0.3) is 0 Å². The van der Waals surface area contributed by atoms with Crippen LogP contribution in [0.15, 0.2) is 4.99 Å². The van der Waals surface area contributed by atoms with Gasteiger partial charge >= 0.3 is 0 Å². The van der Waals surface area contributed by atoms with E-state index in [1.54, 1.807) is 0 Å². The molecule has 0 N–H and O–H groups in total. The quantitative estimate of drug-likeness (QED) is 0.657. The highest BCUT2D eigenvalue weighted by Crippen LogP contribution is 2.66. The second kappa shape index (κ2) is 5.98. The summed E-state index contributed by atoms with van der Waals surface area (Å²) >= 11 is 0. The normalized spacial score (nSPS) is 49.8. The number of nitrogens with zero attached hydrogens (tertiary/aromatic N) is 2. The van der Waals surface area contributed by atoms with Gasteiger partial charge in [-0.15, -0.1) is 0 Å². The summed E-state index contributed by atoms with van der Waals surface area (Å²) in [5.41, 5.74) is 0.611. The maximum Gasteiger partial charge on any atom is 0.222 e. The van der Waals surface area contributed by atoms with Gasteiger partial charge in [0.05, 0.1) is 5.54 Å². The van der Waals surface area contributed by atoms with Crippen molar-refractivity contribution in [3.8, 4) is 0 Å². The molecular formula is C24H38N2O2. The maximum absolute atomic E-state index is 12.3. The molecule has 1 amide bonds. The Morgan fingerprint density at radius 1 is 0.964 bits per heavy atom. The Morgan fingerprint density at radius 2 is 1.71 bits per heavy atom. The maximum atomic E-state index is 12.3. The zero-order chi connectivity index (χ0) is 19.9. The summed E-state index contributed by atoms with van der Waals surface area (Å²) in [7, 11) is 2.06. The molecule has 0 aromatic carbocycles. The lowest BCUT2D eigenvalue weighted by Gasteiger charge is -2.61. The van der Waals surface area contributed by atoms with E-state index < -0.39 is 0 Å². The molecule has 1 saturated heterocycles. The van der Waals surface area contributed by atoms with E-state index in [0.717, 1.165) is 43.1 Å². The van der Waals surface area contributed by atoms with Gasteiger partial charge in [-0.25, -0.2) is 4.99 Å². The number of piperidine rings is 1. The molecule has 7 atom stereocenters. The second-order valence-corrected chi connectivity index (χ2v) is 11.7. The van der Waals surface area contributed by atoms with E-state index in [2.05, 4.69) is 39.6 Å². The fourth-order valence-electron chi connectivity index (χ4n) is 8.35. The van der Waals surface area contributed by atoms with Gasteiger partial charge in [-0.3, -0.25) is 4.79 Å². The number of hydrogen-bond donors (Lipinski definition) is 0. The molecule has 4 nitrogen and oxygen atoms in total. The number of aliphatic imine (C=N–C) groups is 1. The van der Waals surface area contributed by atoms with E-state index in [1.165, 1.54) is 38.5 Å². The van der Waals surface area contributed by atoms with Crippen molar-refractivity contribution in [2.75, 3.05) is 13.7 Å². The fourth-order valence-corrected chi connectivity index (χ4v) is 8.35. The van der Waals surface area contributed by atoms with Crippen LogP contribution >= 0.6 is 0 Å². The highest BCUT2D eigenvalue weighted by Gasteiger charge is 2.62. The van der Waals surface area contributed by atoms with Crippen LogP contribution in [0.2, 0.25) is 0 Å². The van der Waals surface area contributed by atoms with Gasteiger partial charge in [0, 0.05) is 25.4 Å². The van der Waals surface area contributed by atoms with Gasteiger partial charge in [-0.1, -0.05) is 13.8 Å². The third-order valence-corrected chi connectivity index (χ3v) is 9.84. The lowest BCUT2D eigenvalue weighted by atomic mass is 9.47. The Bertz CT molecular complexity index is 715. The first kappa shape index (κ1) is 18.9. The molecule has 0 bridgehead atoms. The minimum absolute atomic E-state index is 0.0499. The van der Waals surface area contributed by atoms with E-state index in [4.69, 9.17) is 9.73 Å². The van der Waals surface area contributed by atoms with Crippen LogP contribution in [-0.2, 0) is 9.53 Å². The van der Waals surface area contributed by atoms with Crippen molar-refractivity contribution in [2.24, 2.45) is 39.5 Å². The minimum atomic E-state index is -0.0499. The number of carbonyl (C=O) groups is 1. The molecule has 0 spiro atoms. The first-order valence-electron chi connectivity index (χ1n) is 11.6. The van der Waals surface area contributed by atoms with Gasteiger partial charge in [0.1, 0.15) is 6.61 Å². The van der Waals surface area contributed by atoms with Gasteiger partial charge in [-0.2, -0.15) is 0 Å². The summed E-state index contributed by atoms with van der Waals surface area (Å²) in [5.74, 6) is 4.34. The molecule has 28 heavy (non-hydrogen) atoms. The molecule has 3 saturated carbocycles. The highest BCUT2D eigenvalue weighted by atomic mass is 16.5. The summed E-state index contributed by atoms with van der Waals surface area (Å²) in [6.07, 6.45) is 9.54. The summed E-state index contributed by atoms with van der Waals surface area (Å²) in [4.78, 5) is 19.4. The Hall–Kier alpha value is -1.06. The van der Waals surface area contributed by atoms with Gasteiger partial charge in [-0.05, 0) is 87.4 Å². The van der Waals surface area contributed by atoms with Crippen molar-refractivity contribution in [2.45, 2.75) is 90.6 Å². The van der Waals surface area contributed by atoms with Crippen LogP contribution in [-0.4, -0.2) is 41.9 Å². The smallest absolute Gasteiger partial charge is 0.222 e. The van der Waals surface area contributed by atoms with E-state index in [1.807, 2.05) is 0 Å². The first-order chi connectivity index (χ1) is 13.2. The van der Waals surface area contributed by atoms with Gasteiger partial charge < -0.3 is 9.64 Å². The largest absolute Gasteiger partial charge is 0.478 e. The zero-order valence-corrected chi connectivity index (χ0v) is 18.5. The second-order valence-electron chi connectivity index (χ2n) is 11.7. The highest BCUT2D eigenvalue weighted by molar-refractivity contribution is 5.82. The average Bonchev–Trinajstić information content (AvgIpc) is 3.17. The SMILES string of the molecule is CN1C(=O)CC[C@@]2(C)C1CC[C@H]1[C@@H]3CC[C@H](C4=NC(C)(C)CO4)[C@@]3(C)CC[C@@H]12. The Balaban J connectivity index is 1.42. The van der Waals surface area contributed by atoms with Crippen molar-refractivity contribution >= 4 is 11.8 Å². The van der Waals surface area contributed by atoms with Crippen molar-refractivity contribution in [1.29, 1.82) is 0 Å². The lowest BCUT2D eigenvalue weighted by Crippen LogP contribution is -2.61. The third kappa shape index (κ3) is 2.48. The van der Waals surface area contributed by atoms with Crippen molar-refractivity contribution in [1.82, 2.24) is 4.90 Å². The van der Waals surface area contributed by atoms with Crippen LogP contribution < -0.4 is 0 Å². The monoisotopic (exact) mass is 386 g/mol. The Morgan fingerprint density at radius 3 is 2.43 bits per heavy atom. The molecule has 0 radical (unpaired) electrons. The summed E-state index contributed by atoms with van der Waals surface area (Å²) < 4.78 is 6.14. The topological polar surface area (TPSA) is 41.9 Å².